The van der Waals surface area contributed by atoms with Gasteiger partial charge in [-0.15, -0.1) is 0 Å². The fourth-order valence-electron chi connectivity index (χ4n) is 2.55. The van der Waals surface area contributed by atoms with Crippen LogP contribution >= 0.6 is 0 Å². The van der Waals surface area contributed by atoms with Crippen molar-refractivity contribution in [3.05, 3.63) is 77.6 Å². The lowest BCUT2D eigenvalue weighted by molar-refractivity contribution is -0.112. The summed E-state index contributed by atoms with van der Waals surface area (Å²) in [6, 6.07) is 18.1. The molecule has 7 heteroatoms. The number of hydrogen-bond donors (Lipinski definition) is 2. The third-order valence-electron chi connectivity index (χ3n) is 4.02. The maximum Gasteiger partial charge on any atom is 0.335 e. The predicted molar refractivity (Wildman–Crippen MR) is 106 cm³/mol. The fourth-order valence-corrected chi connectivity index (χ4v) is 2.55. The van der Waals surface area contributed by atoms with Gasteiger partial charge in [-0.3, -0.25) is 4.79 Å². The van der Waals surface area contributed by atoms with Gasteiger partial charge in [-0.25, -0.2) is 4.79 Å². The number of benzene rings is 2. The summed E-state index contributed by atoms with van der Waals surface area (Å²) in [7, 11) is 1.54. The number of hydrogen-bond acceptors (Lipinski definition) is 5. The molecule has 0 spiro atoms. The van der Waals surface area contributed by atoms with E-state index in [1.807, 2.05) is 6.07 Å². The molecule has 3 rings (SSSR count). The van der Waals surface area contributed by atoms with E-state index in [4.69, 9.17) is 14.3 Å². The zero-order chi connectivity index (χ0) is 20.8. The number of amides is 1. The summed E-state index contributed by atoms with van der Waals surface area (Å²) >= 11 is 0. The maximum absolute atomic E-state index is 12.4. The van der Waals surface area contributed by atoms with Crippen LogP contribution in [0.25, 0.3) is 17.4 Å². The molecule has 1 heterocycles. The first-order valence-electron chi connectivity index (χ1n) is 8.51. The van der Waals surface area contributed by atoms with E-state index in [9.17, 15) is 14.9 Å². The highest BCUT2D eigenvalue weighted by Crippen LogP contribution is 2.24. The summed E-state index contributed by atoms with van der Waals surface area (Å²) in [4.78, 5) is 23.5. The molecule has 144 valence electrons. The first kappa shape index (κ1) is 19.5. The third-order valence-corrected chi connectivity index (χ3v) is 4.02. The number of carbonyl (C=O) groups is 2. The molecular weight excluding hydrogens is 372 g/mol. The van der Waals surface area contributed by atoms with E-state index >= 15 is 0 Å². The van der Waals surface area contributed by atoms with Crippen molar-refractivity contribution in [1.29, 1.82) is 5.26 Å². The van der Waals surface area contributed by atoms with E-state index in [0.29, 0.717) is 28.5 Å². The number of furan rings is 1. The Labute approximate surface area is 166 Å². The van der Waals surface area contributed by atoms with Crippen molar-refractivity contribution in [2.24, 2.45) is 0 Å². The van der Waals surface area contributed by atoms with Crippen molar-refractivity contribution in [1.82, 2.24) is 0 Å². The number of carboxylic acid groups (broad SMARTS) is 1. The number of carboxylic acids is 1. The second-order valence-electron chi connectivity index (χ2n) is 5.94. The lowest BCUT2D eigenvalue weighted by Crippen LogP contribution is -2.13. The monoisotopic (exact) mass is 388 g/mol. The molecule has 0 atom stereocenters. The number of nitriles is 1. The SMILES string of the molecule is COc1ccc(NC(=O)C(C#N)=Cc2ccc(-c3cccc(C(=O)O)c3)o2)cc1. The zero-order valence-electron chi connectivity index (χ0n) is 15.4. The van der Waals surface area contributed by atoms with Crippen molar-refractivity contribution in [3.8, 4) is 23.1 Å². The molecule has 0 unspecified atom stereocenters. The second-order valence-corrected chi connectivity index (χ2v) is 5.94. The molecule has 0 radical (unpaired) electrons. The van der Waals surface area contributed by atoms with Crippen LogP contribution in [0, 0.1) is 11.3 Å². The smallest absolute Gasteiger partial charge is 0.335 e. The average molecular weight is 388 g/mol. The van der Waals surface area contributed by atoms with Gasteiger partial charge >= 0.3 is 5.97 Å². The van der Waals surface area contributed by atoms with Gasteiger partial charge in [-0.2, -0.15) is 5.26 Å². The number of methoxy groups -OCH3 is 1. The van der Waals surface area contributed by atoms with Gasteiger partial charge in [0.2, 0.25) is 0 Å². The largest absolute Gasteiger partial charge is 0.497 e. The summed E-state index contributed by atoms with van der Waals surface area (Å²) in [6.45, 7) is 0. The van der Waals surface area contributed by atoms with Gasteiger partial charge in [0, 0.05) is 17.3 Å². The Hall–Kier alpha value is -4.31. The number of anilines is 1. The van der Waals surface area contributed by atoms with Gasteiger partial charge in [-0.1, -0.05) is 12.1 Å². The lowest BCUT2D eigenvalue weighted by atomic mass is 10.1. The number of rotatable bonds is 6. The highest BCUT2D eigenvalue weighted by molar-refractivity contribution is 6.09. The molecular formula is C22H16N2O5. The minimum atomic E-state index is -1.04. The number of aromatic carboxylic acids is 1. The van der Waals surface area contributed by atoms with Crippen LogP contribution in [0.3, 0.4) is 0 Å². The fraction of sp³-hybridized carbons (Fsp3) is 0.0455. The van der Waals surface area contributed by atoms with Crippen LogP contribution in [-0.2, 0) is 4.79 Å². The summed E-state index contributed by atoms with van der Waals surface area (Å²) in [6.07, 6.45) is 1.32. The number of carbonyl (C=O) groups excluding carboxylic acids is 1. The lowest BCUT2D eigenvalue weighted by Gasteiger charge is -2.05. The van der Waals surface area contributed by atoms with Gasteiger partial charge < -0.3 is 19.6 Å². The van der Waals surface area contributed by atoms with Crippen LogP contribution in [0.1, 0.15) is 16.1 Å². The molecule has 2 aromatic carbocycles. The molecule has 0 saturated carbocycles. The van der Waals surface area contributed by atoms with E-state index in [0.717, 1.165) is 0 Å². The summed E-state index contributed by atoms with van der Waals surface area (Å²) in [5.74, 6) is -0.257. The molecule has 3 aromatic rings. The van der Waals surface area contributed by atoms with E-state index in [1.54, 1.807) is 55.6 Å². The molecule has 0 aliphatic carbocycles. The van der Waals surface area contributed by atoms with E-state index in [-0.39, 0.29) is 11.1 Å². The van der Waals surface area contributed by atoms with Crippen LogP contribution in [0.5, 0.6) is 5.75 Å². The Balaban J connectivity index is 1.79. The zero-order valence-corrected chi connectivity index (χ0v) is 15.4. The molecule has 0 saturated heterocycles. The summed E-state index contributed by atoms with van der Waals surface area (Å²) < 4.78 is 10.7. The van der Waals surface area contributed by atoms with Crippen molar-refractivity contribution in [2.75, 3.05) is 12.4 Å². The van der Waals surface area contributed by atoms with Gasteiger partial charge in [0.05, 0.1) is 12.7 Å². The van der Waals surface area contributed by atoms with Crippen LogP contribution in [-0.4, -0.2) is 24.1 Å². The molecule has 1 amide bonds. The van der Waals surface area contributed by atoms with Gasteiger partial charge in [0.1, 0.15) is 28.9 Å². The molecule has 29 heavy (non-hydrogen) atoms. The first-order valence-corrected chi connectivity index (χ1v) is 8.51. The Kier molecular flexibility index (Phi) is 5.76. The highest BCUT2D eigenvalue weighted by Gasteiger charge is 2.12. The molecule has 7 nitrogen and oxygen atoms in total. The topological polar surface area (TPSA) is 113 Å². The Morgan fingerprint density at radius 2 is 1.90 bits per heavy atom. The molecule has 1 aromatic heterocycles. The Morgan fingerprint density at radius 1 is 1.14 bits per heavy atom. The Morgan fingerprint density at radius 3 is 2.55 bits per heavy atom. The summed E-state index contributed by atoms with van der Waals surface area (Å²) in [5.41, 5.74) is 1.09. The van der Waals surface area contributed by atoms with E-state index < -0.39 is 11.9 Å². The van der Waals surface area contributed by atoms with Crippen LogP contribution in [0.4, 0.5) is 5.69 Å². The quantitative estimate of drug-likeness (QED) is 0.483. The second kappa shape index (κ2) is 8.59. The number of nitrogens with one attached hydrogen (secondary N) is 1. The van der Waals surface area contributed by atoms with Gasteiger partial charge in [-0.05, 0) is 48.5 Å². The minimum absolute atomic E-state index is 0.132. The molecule has 0 bridgehead atoms. The Bertz CT molecular complexity index is 1120. The molecule has 2 N–H and O–H groups in total. The highest BCUT2D eigenvalue weighted by atomic mass is 16.5. The molecule has 0 aliphatic rings. The van der Waals surface area contributed by atoms with Crippen LogP contribution in [0.15, 0.2) is 70.7 Å². The van der Waals surface area contributed by atoms with E-state index in [2.05, 4.69) is 5.32 Å². The summed E-state index contributed by atoms with van der Waals surface area (Å²) in [5, 5.41) is 21.1. The maximum atomic E-state index is 12.4. The minimum Gasteiger partial charge on any atom is -0.497 e. The van der Waals surface area contributed by atoms with Crippen LogP contribution in [0.2, 0.25) is 0 Å². The predicted octanol–water partition coefficient (Wildman–Crippen LogP) is 4.20. The van der Waals surface area contributed by atoms with Crippen molar-refractivity contribution in [2.45, 2.75) is 0 Å². The van der Waals surface area contributed by atoms with Crippen LogP contribution < -0.4 is 10.1 Å². The molecule has 0 aliphatic heterocycles. The van der Waals surface area contributed by atoms with Gasteiger partial charge in [0.15, 0.2) is 0 Å². The third kappa shape index (κ3) is 4.70. The molecule has 0 fully saturated rings. The first-order chi connectivity index (χ1) is 14.0. The van der Waals surface area contributed by atoms with E-state index in [1.165, 1.54) is 18.2 Å². The standard InChI is InChI=1S/C22H16N2O5/c1-28-18-7-5-17(6-8-18)24-21(25)16(13-23)12-19-9-10-20(29-19)14-3-2-4-15(11-14)22(26)27/h2-12H,1H3,(H,24,25)(H,26,27). The van der Waals surface area contributed by atoms with Crippen molar-refractivity contribution in [3.63, 3.8) is 0 Å². The average Bonchev–Trinajstić information content (AvgIpc) is 3.21. The van der Waals surface area contributed by atoms with Gasteiger partial charge in [0.25, 0.3) is 5.91 Å². The normalized spacial score (nSPS) is 10.8. The van der Waals surface area contributed by atoms with Crippen molar-refractivity contribution >= 4 is 23.6 Å². The number of ether oxygens (including phenoxy) is 1. The number of nitrogens with zero attached hydrogens (tertiary/aromatic N) is 1. The van der Waals surface area contributed by atoms with Crippen molar-refractivity contribution < 1.29 is 23.8 Å².